The van der Waals surface area contributed by atoms with Gasteiger partial charge >= 0.3 is 0 Å². The molecule has 3 nitrogen and oxygen atoms in total. The van der Waals surface area contributed by atoms with Crippen LogP contribution in [0.4, 0.5) is 0 Å². The molecule has 0 spiro atoms. The number of halogens is 1. The number of benzene rings is 1. The van der Waals surface area contributed by atoms with Gasteiger partial charge in [-0.25, -0.2) is 0 Å². The van der Waals surface area contributed by atoms with Gasteiger partial charge < -0.3 is 9.72 Å². The Bertz CT molecular complexity index is 531. The number of hydrogen-bond donors (Lipinski definition) is 1. The SMILES string of the molecule is COc1cccc2c(Br)c(C(C)=O)[nH]c12. The Morgan fingerprint density at radius 1 is 1.47 bits per heavy atom. The molecule has 0 atom stereocenters. The largest absolute Gasteiger partial charge is 0.495 e. The third-order valence-corrected chi connectivity index (χ3v) is 3.13. The fraction of sp³-hybridized carbons (Fsp3) is 0.182. The van der Waals surface area contributed by atoms with E-state index < -0.39 is 0 Å². The molecule has 4 heteroatoms. The summed E-state index contributed by atoms with van der Waals surface area (Å²) < 4.78 is 6.01. The number of hydrogen-bond acceptors (Lipinski definition) is 2. The predicted molar refractivity (Wildman–Crippen MR) is 62.6 cm³/mol. The maximum absolute atomic E-state index is 11.3. The maximum Gasteiger partial charge on any atom is 0.177 e. The molecule has 0 radical (unpaired) electrons. The molecule has 0 amide bonds. The molecule has 78 valence electrons. The summed E-state index contributed by atoms with van der Waals surface area (Å²) in [4.78, 5) is 14.4. The first-order valence-electron chi connectivity index (χ1n) is 4.50. The molecule has 0 aliphatic rings. The molecule has 2 aromatic rings. The van der Waals surface area contributed by atoms with E-state index in [4.69, 9.17) is 4.74 Å². The molecule has 0 aliphatic carbocycles. The highest BCUT2D eigenvalue weighted by atomic mass is 79.9. The normalized spacial score (nSPS) is 10.6. The summed E-state index contributed by atoms with van der Waals surface area (Å²) in [6.07, 6.45) is 0. The lowest BCUT2D eigenvalue weighted by Gasteiger charge is -1.99. The molecule has 1 heterocycles. The molecule has 1 aromatic carbocycles. The number of ether oxygens (including phenoxy) is 1. The van der Waals surface area contributed by atoms with Crippen LogP contribution >= 0.6 is 15.9 Å². The zero-order valence-electron chi connectivity index (χ0n) is 8.43. The number of rotatable bonds is 2. The Morgan fingerprint density at radius 3 is 2.80 bits per heavy atom. The third kappa shape index (κ3) is 1.55. The number of carbonyl (C=O) groups excluding carboxylic acids is 1. The molecule has 0 bridgehead atoms. The standard InChI is InChI=1S/C11H10BrNO2/c1-6(14)10-9(12)7-4-3-5-8(15-2)11(7)13-10/h3-5,13H,1-2H3. The van der Waals surface area contributed by atoms with Crippen LogP contribution in [0.5, 0.6) is 5.75 Å². The van der Waals surface area contributed by atoms with E-state index >= 15 is 0 Å². The fourth-order valence-corrected chi connectivity index (χ4v) is 2.28. The molecule has 1 aromatic heterocycles. The van der Waals surface area contributed by atoms with Gasteiger partial charge in [0.25, 0.3) is 0 Å². The smallest absolute Gasteiger partial charge is 0.177 e. The Hall–Kier alpha value is -1.29. The first-order chi connectivity index (χ1) is 7.15. The van der Waals surface area contributed by atoms with Crippen molar-refractivity contribution in [3.63, 3.8) is 0 Å². The number of nitrogens with one attached hydrogen (secondary N) is 1. The summed E-state index contributed by atoms with van der Waals surface area (Å²) >= 11 is 3.41. The van der Waals surface area contributed by atoms with Crippen molar-refractivity contribution in [2.75, 3.05) is 7.11 Å². The van der Waals surface area contributed by atoms with Crippen LogP contribution in [0.2, 0.25) is 0 Å². The van der Waals surface area contributed by atoms with Crippen LogP contribution in [0.1, 0.15) is 17.4 Å². The number of methoxy groups -OCH3 is 1. The topological polar surface area (TPSA) is 42.1 Å². The molecule has 0 fully saturated rings. The van der Waals surface area contributed by atoms with Crippen molar-refractivity contribution in [3.05, 3.63) is 28.4 Å². The average molecular weight is 268 g/mol. The van der Waals surface area contributed by atoms with Crippen molar-refractivity contribution < 1.29 is 9.53 Å². The minimum Gasteiger partial charge on any atom is -0.495 e. The molecular formula is C11H10BrNO2. The van der Waals surface area contributed by atoms with Gasteiger partial charge in [0.05, 0.1) is 22.8 Å². The molecule has 1 N–H and O–H groups in total. The number of H-pyrrole nitrogens is 1. The van der Waals surface area contributed by atoms with Gasteiger partial charge in [-0.05, 0) is 22.0 Å². The highest BCUT2D eigenvalue weighted by Crippen LogP contribution is 2.33. The molecular weight excluding hydrogens is 258 g/mol. The number of aromatic nitrogens is 1. The molecule has 0 saturated heterocycles. The molecule has 0 aliphatic heterocycles. The van der Waals surface area contributed by atoms with E-state index in [-0.39, 0.29) is 5.78 Å². The number of aromatic amines is 1. The van der Waals surface area contributed by atoms with Crippen LogP contribution < -0.4 is 4.74 Å². The van der Waals surface area contributed by atoms with E-state index in [1.54, 1.807) is 7.11 Å². The Morgan fingerprint density at radius 2 is 2.20 bits per heavy atom. The Labute approximate surface area is 95.6 Å². The second-order valence-corrected chi connectivity index (χ2v) is 4.05. The number of carbonyl (C=O) groups is 1. The Kier molecular flexibility index (Phi) is 2.52. The molecule has 0 saturated carbocycles. The van der Waals surface area contributed by atoms with E-state index in [1.807, 2.05) is 18.2 Å². The van der Waals surface area contributed by atoms with Crippen LogP contribution in [-0.4, -0.2) is 17.9 Å². The summed E-state index contributed by atoms with van der Waals surface area (Å²) in [5.41, 5.74) is 1.42. The van der Waals surface area contributed by atoms with Crippen molar-refractivity contribution in [1.82, 2.24) is 4.98 Å². The van der Waals surface area contributed by atoms with Crippen LogP contribution in [0.15, 0.2) is 22.7 Å². The van der Waals surface area contributed by atoms with Gasteiger partial charge in [0.2, 0.25) is 0 Å². The second-order valence-electron chi connectivity index (χ2n) is 3.25. The van der Waals surface area contributed by atoms with Gasteiger partial charge in [-0.3, -0.25) is 4.79 Å². The lowest BCUT2D eigenvalue weighted by molar-refractivity contribution is 0.101. The fourth-order valence-electron chi connectivity index (χ4n) is 1.57. The highest BCUT2D eigenvalue weighted by Gasteiger charge is 2.14. The number of para-hydroxylation sites is 1. The first-order valence-corrected chi connectivity index (χ1v) is 5.29. The van der Waals surface area contributed by atoms with Gasteiger partial charge in [0.1, 0.15) is 5.75 Å². The van der Waals surface area contributed by atoms with Gasteiger partial charge in [0, 0.05) is 12.3 Å². The predicted octanol–water partition coefficient (Wildman–Crippen LogP) is 3.14. The van der Waals surface area contributed by atoms with Crippen LogP contribution in [0, 0.1) is 0 Å². The summed E-state index contributed by atoms with van der Waals surface area (Å²) in [5.74, 6) is 0.737. The first kappa shape index (κ1) is 10.2. The van der Waals surface area contributed by atoms with Crippen molar-refractivity contribution >= 4 is 32.6 Å². The minimum absolute atomic E-state index is 0.000119. The highest BCUT2D eigenvalue weighted by molar-refractivity contribution is 9.10. The molecule has 0 unspecified atom stereocenters. The number of fused-ring (bicyclic) bond motifs is 1. The summed E-state index contributed by atoms with van der Waals surface area (Å²) in [6, 6.07) is 5.68. The minimum atomic E-state index is 0.000119. The quantitative estimate of drug-likeness (QED) is 0.850. The average Bonchev–Trinajstić information content (AvgIpc) is 2.56. The summed E-state index contributed by atoms with van der Waals surface area (Å²) in [7, 11) is 1.61. The number of Topliss-reactive ketones (excluding diaryl/α,β-unsaturated/α-hetero) is 1. The zero-order chi connectivity index (χ0) is 11.0. The van der Waals surface area contributed by atoms with Crippen LogP contribution in [-0.2, 0) is 0 Å². The van der Waals surface area contributed by atoms with Crippen molar-refractivity contribution in [3.8, 4) is 5.75 Å². The molecule has 2 rings (SSSR count). The van der Waals surface area contributed by atoms with Crippen LogP contribution in [0.25, 0.3) is 10.9 Å². The Balaban J connectivity index is 2.81. The van der Waals surface area contributed by atoms with E-state index in [0.29, 0.717) is 5.69 Å². The lowest BCUT2D eigenvalue weighted by Crippen LogP contribution is -1.92. The van der Waals surface area contributed by atoms with Crippen molar-refractivity contribution in [2.24, 2.45) is 0 Å². The van der Waals surface area contributed by atoms with E-state index in [0.717, 1.165) is 21.1 Å². The zero-order valence-corrected chi connectivity index (χ0v) is 10.0. The van der Waals surface area contributed by atoms with Gasteiger partial charge in [-0.15, -0.1) is 0 Å². The van der Waals surface area contributed by atoms with E-state index in [9.17, 15) is 4.79 Å². The number of ketones is 1. The van der Waals surface area contributed by atoms with Gasteiger partial charge in [0.15, 0.2) is 5.78 Å². The summed E-state index contributed by atoms with van der Waals surface area (Å²) in [5, 5.41) is 0.958. The monoisotopic (exact) mass is 267 g/mol. The van der Waals surface area contributed by atoms with Crippen molar-refractivity contribution in [2.45, 2.75) is 6.92 Å². The maximum atomic E-state index is 11.3. The van der Waals surface area contributed by atoms with Gasteiger partial charge in [-0.2, -0.15) is 0 Å². The van der Waals surface area contributed by atoms with Gasteiger partial charge in [-0.1, -0.05) is 12.1 Å². The third-order valence-electron chi connectivity index (χ3n) is 2.30. The van der Waals surface area contributed by atoms with E-state index in [2.05, 4.69) is 20.9 Å². The van der Waals surface area contributed by atoms with E-state index in [1.165, 1.54) is 6.92 Å². The second kappa shape index (κ2) is 3.70. The molecule has 15 heavy (non-hydrogen) atoms. The summed E-state index contributed by atoms with van der Waals surface area (Å²) in [6.45, 7) is 1.53. The van der Waals surface area contributed by atoms with Crippen molar-refractivity contribution in [1.29, 1.82) is 0 Å². The lowest BCUT2D eigenvalue weighted by atomic mass is 10.2. The van der Waals surface area contributed by atoms with Crippen LogP contribution in [0.3, 0.4) is 0 Å².